The molecule has 1 atom stereocenters. The smallest absolute Gasteiger partial charge is 0.475 e. The molecule has 0 fully saturated rings. The zero-order valence-electron chi connectivity index (χ0n) is 39.0. The predicted octanol–water partition coefficient (Wildman–Crippen LogP) is 13.0. The fourth-order valence-corrected chi connectivity index (χ4v) is 7.88. The normalized spacial score (nSPS) is 16.2. The quantitative estimate of drug-likeness (QED) is 0.0489. The van der Waals surface area contributed by atoms with E-state index in [4.69, 9.17) is 18.9 Å². The molecule has 2 aromatic rings. The zero-order chi connectivity index (χ0) is 43.4. The summed E-state index contributed by atoms with van der Waals surface area (Å²) in [7, 11) is 4.23. The molecule has 59 heavy (non-hydrogen) atoms. The second-order valence-electron chi connectivity index (χ2n) is 15.5. The number of likely N-dealkylation sites (N-methyl/N-ethyl adjacent to an activating group) is 2. The van der Waals surface area contributed by atoms with Crippen LogP contribution in [0.3, 0.4) is 0 Å². The minimum atomic E-state index is -0.559. The van der Waals surface area contributed by atoms with Gasteiger partial charge in [0.1, 0.15) is 17.9 Å². The van der Waals surface area contributed by atoms with Crippen molar-refractivity contribution >= 4 is 40.8 Å². The first-order chi connectivity index (χ1) is 28.9. The lowest BCUT2D eigenvalue weighted by Gasteiger charge is -2.36. The molecule has 0 saturated heterocycles. The van der Waals surface area contributed by atoms with E-state index in [1.54, 1.807) is 0 Å². The van der Waals surface area contributed by atoms with Gasteiger partial charge in [-0.15, -0.1) is 8.75 Å². The van der Waals surface area contributed by atoms with E-state index in [-0.39, 0.29) is 0 Å². The van der Waals surface area contributed by atoms with E-state index in [0.717, 1.165) is 81.7 Å². The molecule has 0 bridgehead atoms. The summed E-state index contributed by atoms with van der Waals surface area (Å²) < 4.78 is 40.4. The van der Waals surface area contributed by atoms with Crippen molar-refractivity contribution in [1.29, 1.82) is 0 Å². The molecule has 0 N–H and O–H groups in total. The van der Waals surface area contributed by atoms with Crippen LogP contribution in [0.1, 0.15) is 188 Å². The second kappa shape index (κ2) is 36.1. The SMILES string of the molecule is CC.CC.CCCCCCCCCCCCCCCOC(=O)OC[N+]1(C)CCC=C(c2nsnc2OCCCCCC)C1.CCCOc1nsnc1C1=CCCN(C)C1. The monoisotopic (exact) mass is 866 g/mol. The van der Waals surface area contributed by atoms with Gasteiger partial charge in [-0.05, 0) is 38.3 Å². The third-order valence-electron chi connectivity index (χ3n) is 10.1. The van der Waals surface area contributed by atoms with Crippen LogP contribution in [0, 0.1) is 0 Å². The minimum absolute atomic E-state index is 0.291. The number of carbonyl (C=O) groups excluding carboxylic acids is 1. The average Bonchev–Trinajstić information content (AvgIpc) is 3.94. The Morgan fingerprint density at radius 3 is 1.68 bits per heavy atom. The molecular formula is C46H85N6O5S2+. The van der Waals surface area contributed by atoms with Crippen LogP contribution in [0.5, 0.6) is 11.8 Å². The first-order valence-corrected chi connectivity index (χ1v) is 25.0. The van der Waals surface area contributed by atoms with Gasteiger partial charge in [0.15, 0.2) is 0 Å². The van der Waals surface area contributed by atoms with Crippen molar-refractivity contribution in [3.8, 4) is 11.8 Å². The van der Waals surface area contributed by atoms with Crippen LogP contribution in [0.4, 0.5) is 4.79 Å². The van der Waals surface area contributed by atoms with Crippen molar-refractivity contribution in [3.63, 3.8) is 0 Å². The highest BCUT2D eigenvalue weighted by molar-refractivity contribution is 6.99. The number of hydrogen-bond acceptors (Lipinski definition) is 12. The van der Waals surface area contributed by atoms with Crippen molar-refractivity contribution in [2.75, 3.05) is 66.8 Å². The standard InChI is InChI=1S/C31H56N3O4S.C11H17N3OS.2C2H6/c1-4-6-8-10-11-12-13-14-15-16-17-18-20-25-37-31(35)38-27-34(3)23-21-22-28(26-34)29-30(33-39-32-29)36-24-19-9-7-5-2;1-3-7-15-11-10(12-16-13-11)9-5-4-6-14(2)8-9;2*1-2/h22H,4-21,23-27H2,1-3H3;5H,3-4,6-8H2,1-2H3;2*1-2H3/q+1;;;. The fourth-order valence-electron chi connectivity index (χ4n) is 6.82. The molecular weight excluding hydrogens is 781 g/mol. The van der Waals surface area contributed by atoms with E-state index in [9.17, 15) is 4.79 Å². The van der Waals surface area contributed by atoms with Crippen LogP contribution < -0.4 is 9.47 Å². The summed E-state index contributed by atoms with van der Waals surface area (Å²) in [4.78, 5) is 14.5. The Labute approximate surface area is 369 Å². The summed E-state index contributed by atoms with van der Waals surface area (Å²) in [6, 6.07) is 0. The number of carbonyl (C=O) groups is 1. The Hall–Kier alpha value is -2.61. The number of ether oxygens (including phenoxy) is 4. The Bertz CT molecular complexity index is 1370. The maximum Gasteiger partial charge on any atom is 0.512 e. The number of quaternary nitrogens is 1. The molecule has 1 unspecified atom stereocenters. The summed E-state index contributed by atoms with van der Waals surface area (Å²) in [5.74, 6) is 1.34. The van der Waals surface area contributed by atoms with Gasteiger partial charge in [-0.1, -0.05) is 157 Å². The average molecular weight is 866 g/mol. The minimum Gasteiger partial charge on any atom is -0.475 e. The molecule has 13 heteroatoms. The second-order valence-corrected chi connectivity index (χ2v) is 16.5. The fraction of sp³-hybridized carbons (Fsp3) is 0.804. The molecule has 11 nitrogen and oxygen atoms in total. The van der Waals surface area contributed by atoms with E-state index in [2.05, 4.69) is 69.4 Å². The summed E-state index contributed by atoms with van der Waals surface area (Å²) in [6.45, 7) is 20.4. The Kier molecular flexibility index (Phi) is 33.3. The van der Waals surface area contributed by atoms with Crippen LogP contribution >= 0.6 is 23.5 Å². The molecule has 0 amide bonds. The van der Waals surface area contributed by atoms with Gasteiger partial charge >= 0.3 is 6.16 Å². The van der Waals surface area contributed by atoms with Gasteiger partial charge in [0.2, 0.25) is 6.73 Å². The van der Waals surface area contributed by atoms with Gasteiger partial charge in [-0.2, -0.15) is 8.75 Å². The Morgan fingerprint density at radius 2 is 1.12 bits per heavy atom. The first kappa shape index (κ1) is 54.4. The zero-order valence-corrected chi connectivity index (χ0v) is 40.6. The van der Waals surface area contributed by atoms with Gasteiger partial charge < -0.3 is 23.8 Å². The number of hydrogen-bond donors (Lipinski definition) is 0. The van der Waals surface area contributed by atoms with E-state index >= 15 is 0 Å². The number of aromatic nitrogens is 4. The van der Waals surface area contributed by atoms with Crippen molar-refractivity contribution in [2.45, 2.75) is 177 Å². The van der Waals surface area contributed by atoms with E-state index < -0.39 is 6.16 Å². The van der Waals surface area contributed by atoms with Gasteiger partial charge in [0.25, 0.3) is 11.8 Å². The molecule has 4 heterocycles. The van der Waals surface area contributed by atoms with Gasteiger partial charge in [-0.3, -0.25) is 4.48 Å². The molecule has 2 aliphatic heterocycles. The maximum absolute atomic E-state index is 12.2. The topological polar surface area (TPSA) is 109 Å². The summed E-state index contributed by atoms with van der Waals surface area (Å²) in [5.41, 5.74) is 4.13. The Morgan fingerprint density at radius 1 is 0.627 bits per heavy atom. The van der Waals surface area contributed by atoms with Crippen LogP contribution in [-0.4, -0.2) is 99.9 Å². The molecule has 4 rings (SSSR count). The number of unbranched alkanes of at least 4 members (excludes halogenated alkanes) is 15. The Balaban J connectivity index is 0.000000717. The molecule has 2 aliphatic rings. The predicted molar refractivity (Wildman–Crippen MR) is 250 cm³/mol. The molecule has 0 aromatic carbocycles. The van der Waals surface area contributed by atoms with Gasteiger partial charge in [0, 0.05) is 25.1 Å². The summed E-state index contributed by atoms with van der Waals surface area (Å²) >= 11 is 2.42. The van der Waals surface area contributed by atoms with Crippen molar-refractivity contribution in [1.82, 2.24) is 22.4 Å². The lowest BCUT2D eigenvalue weighted by molar-refractivity contribution is -0.919. The van der Waals surface area contributed by atoms with Crippen LogP contribution in [0.15, 0.2) is 12.2 Å². The highest BCUT2D eigenvalue weighted by Gasteiger charge is 2.31. The van der Waals surface area contributed by atoms with E-state index in [0.29, 0.717) is 42.8 Å². The van der Waals surface area contributed by atoms with Crippen LogP contribution in [0.25, 0.3) is 11.1 Å². The highest BCUT2D eigenvalue weighted by atomic mass is 32.1. The third kappa shape index (κ3) is 24.4. The van der Waals surface area contributed by atoms with Crippen molar-refractivity contribution in [3.05, 3.63) is 23.5 Å². The molecule has 0 saturated carbocycles. The van der Waals surface area contributed by atoms with Crippen molar-refractivity contribution in [2.24, 2.45) is 0 Å². The molecule has 0 aliphatic carbocycles. The van der Waals surface area contributed by atoms with E-state index in [1.807, 2.05) is 27.7 Å². The maximum atomic E-state index is 12.2. The largest absolute Gasteiger partial charge is 0.512 e. The lowest BCUT2D eigenvalue weighted by atomic mass is 10.0. The van der Waals surface area contributed by atoms with Crippen molar-refractivity contribution < 1.29 is 28.2 Å². The first-order valence-electron chi connectivity index (χ1n) is 23.5. The number of rotatable bonds is 27. The molecule has 340 valence electrons. The summed E-state index contributed by atoms with van der Waals surface area (Å²) in [5, 5.41) is 0. The van der Waals surface area contributed by atoms with Gasteiger partial charge in [0.05, 0.1) is 56.9 Å². The van der Waals surface area contributed by atoms with Crippen LogP contribution in [0.2, 0.25) is 0 Å². The molecule has 0 spiro atoms. The number of nitrogens with zero attached hydrogens (tertiary/aromatic N) is 6. The van der Waals surface area contributed by atoms with Crippen LogP contribution in [-0.2, 0) is 9.47 Å². The van der Waals surface area contributed by atoms with E-state index in [1.165, 1.54) is 119 Å². The molecule has 2 aromatic heterocycles. The summed E-state index contributed by atoms with van der Waals surface area (Å²) in [6.07, 6.45) is 28.4. The highest BCUT2D eigenvalue weighted by Crippen LogP contribution is 2.30. The lowest BCUT2D eigenvalue weighted by Crippen LogP contribution is -2.49. The van der Waals surface area contributed by atoms with Gasteiger partial charge in [-0.25, -0.2) is 4.79 Å². The third-order valence-corrected chi connectivity index (χ3v) is 11.1. The molecule has 0 radical (unpaired) electrons.